The molecule has 0 aliphatic heterocycles. The number of alkyl halides is 3. The van der Waals surface area contributed by atoms with Crippen molar-refractivity contribution < 1.29 is 22.8 Å². The van der Waals surface area contributed by atoms with Crippen LogP contribution in [0, 0.1) is 0 Å². The highest BCUT2D eigenvalue weighted by atomic mass is 19.4. The Morgan fingerprint density at radius 3 is 2.57 bits per heavy atom. The van der Waals surface area contributed by atoms with Crippen LogP contribution in [0.2, 0.25) is 0 Å². The molecule has 4 N–H and O–H groups in total. The number of hydrogen-bond donors (Lipinski definition) is 3. The summed E-state index contributed by atoms with van der Waals surface area (Å²) < 4.78 is 39.6. The monoisotopic (exact) mass is 391 g/mol. The van der Waals surface area contributed by atoms with Crippen molar-refractivity contribution in [1.82, 2.24) is 5.32 Å². The highest BCUT2D eigenvalue weighted by molar-refractivity contribution is 5.97. The van der Waals surface area contributed by atoms with Crippen LogP contribution < -0.4 is 16.4 Å². The quantitative estimate of drug-likeness (QED) is 0.690. The molecule has 28 heavy (non-hydrogen) atoms. The van der Waals surface area contributed by atoms with Gasteiger partial charge in [-0.3, -0.25) is 9.59 Å². The summed E-state index contributed by atoms with van der Waals surface area (Å²) in [6.45, 7) is 1.19. The van der Waals surface area contributed by atoms with E-state index in [2.05, 4.69) is 10.6 Å². The van der Waals surface area contributed by atoms with Crippen molar-refractivity contribution in [3.63, 3.8) is 0 Å². The summed E-state index contributed by atoms with van der Waals surface area (Å²) in [7, 11) is 0. The number of fused-ring (bicyclic) bond motifs is 1. The van der Waals surface area contributed by atoms with Crippen LogP contribution in [-0.4, -0.2) is 11.8 Å². The molecule has 2 amide bonds. The lowest BCUT2D eigenvalue weighted by Crippen LogP contribution is -2.31. The predicted molar refractivity (Wildman–Crippen MR) is 99.7 cm³/mol. The van der Waals surface area contributed by atoms with Crippen LogP contribution in [0.5, 0.6) is 0 Å². The van der Waals surface area contributed by atoms with Crippen molar-refractivity contribution in [3.8, 4) is 0 Å². The maximum atomic E-state index is 13.2. The van der Waals surface area contributed by atoms with Gasteiger partial charge < -0.3 is 16.4 Å². The first-order valence-corrected chi connectivity index (χ1v) is 8.82. The van der Waals surface area contributed by atoms with Gasteiger partial charge in [0, 0.05) is 23.9 Å². The summed E-state index contributed by atoms with van der Waals surface area (Å²) >= 11 is 0. The molecule has 1 aliphatic carbocycles. The van der Waals surface area contributed by atoms with Gasteiger partial charge in [-0.1, -0.05) is 6.07 Å². The van der Waals surface area contributed by atoms with Crippen LogP contribution in [0.4, 0.5) is 24.5 Å². The van der Waals surface area contributed by atoms with E-state index in [9.17, 15) is 22.8 Å². The molecule has 0 spiro atoms. The summed E-state index contributed by atoms with van der Waals surface area (Å²) in [6, 6.07) is 7.94. The molecule has 5 nitrogen and oxygen atoms in total. The smallest absolute Gasteiger partial charge is 0.399 e. The second-order valence-corrected chi connectivity index (χ2v) is 6.85. The van der Waals surface area contributed by atoms with Gasteiger partial charge in [0.05, 0.1) is 11.6 Å². The molecule has 2 aromatic carbocycles. The van der Waals surface area contributed by atoms with Crippen molar-refractivity contribution in [1.29, 1.82) is 0 Å². The van der Waals surface area contributed by atoms with E-state index in [1.807, 2.05) is 12.1 Å². The number of aryl methyl sites for hydroxylation is 1. The molecule has 0 aromatic heterocycles. The lowest BCUT2D eigenvalue weighted by molar-refractivity contribution is -0.137. The summed E-state index contributed by atoms with van der Waals surface area (Å²) in [6.07, 6.45) is -2.29. The largest absolute Gasteiger partial charge is 0.416 e. The Morgan fingerprint density at radius 1 is 1.14 bits per heavy atom. The first kappa shape index (κ1) is 19.7. The van der Waals surface area contributed by atoms with Crippen LogP contribution in [0.1, 0.15) is 52.9 Å². The maximum Gasteiger partial charge on any atom is 0.416 e. The lowest BCUT2D eigenvalue weighted by atomic mass is 9.87. The Hall–Kier alpha value is -3.03. The van der Waals surface area contributed by atoms with Crippen molar-refractivity contribution in [2.75, 3.05) is 11.1 Å². The Kier molecular flexibility index (Phi) is 5.31. The van der Waals surface area contributed by atoms with Gasteiger partial charge in [0.2, 0.25) is 5.91 Å². The number of nitrogens with two attached hydrogens (primary N) is 1. The van der Waals surface area contributed by atoms with E-state index in [0.29, 0.717) is 12.1 Å². The van der Waals surface area contributed by atoms with Crippen LogP contribution in [0.15, 0.2) is 36.4 Å². The van der Waals surface area contributed by atoms with E-state index in [1.165, 1.54) is 13.0 Å². The fourth-order valence-electron chi connectivity index (χ4n) is 3.42. The minimum absolute atomic E-state index is 0.0794. The summed E-state index contributed by atoms with van der Waals surface area (Å²) in [5.41, 5.74) is 7.14. The fourth-order valence-corrected chi connectivity index (χ4v) is 3.42. The summed E-state index contributed by atoms with van der Waals surface area (Å²) in [5, 5.41) is 5.12. The zero-order valence-corrected chi connectivity index (χ0v) is 15.2. The van der Waals surface area contributed by atoms with Gasteiger partial charge in [-0.2, -0.15) is 13.2 Å². The van der Waals surface area contributed by atoms with Crippen LogP contribution in [0.25, 0.3) is 0 Å². The molecular weight excluding hydrogens is 371 g/mol. The molecule has 0 saturated heterocycles. The van der Waals surface area contributed by atoms with Gasteiger partial charge >= 0.3 is 6.18 Å². The predicted octanol–water partition coefficient (Wildman–Crippen LogP) is 4.05. The summed E-state index contributed by atoms with van der Waals surface area (Å²) in [4.78, 5) is 23.9. The number of nitrogens with one attached hydrogen (secondary N) is 2. The molecule has 0 fully saturated rings. The molecule has 1 unspecified atom stereocenters. The topological polar surface area (TPSA) is 84.2 Å². The second kappa shape index (κ2) is 7.53. The molecule has 0 bridgehead atoms. The van der Waals surface area contributed by atoms with E-state index >= 15 is 0 Å². The average Bonchev–Trinajstić information content (AvgIpc) is 2.60. The van der Waals surface area contributed by atoms with Crippen molar-refractivity contribution in [2.45, 2.75) is 38.4 Å². The van der Waals surface area contributed by atoms with E-state index in [0.717, 1.165) is 36.1 Å². The lowest BCUT2D eigenvalue weighted by Gasteiger charge is -2.27. The number of nitrogen functional groups attached to an aromatic ring is 1. The van der Waals surface area contributed by atoms with Crippen molar-refractivity contribution in [3.05, 3.63) is 58.7 Å². The Morgan fingerprint density at radius 2 is 1.89 bits per heavy atom. The SMILES string of the molecule is CC(=O)Nc1cc(C(=O)NC2CCCc3cc(N)ccc32)cc(C(F)(F)F)c1. The van der Waals surface area contributed by atoms with Crippen molar-refractivity contribution in [2.24, 2.45) is 0 Å². The normalized spacial score (nSPS) is 16.2. The molecule has 0 heterocycles. The zero-order chi connectivity index (χ0) is 20.5. The zero-order valence-electron chi connectivity index (χ0n) is 15.2. The highest BCUT2D eigenvalue weighted by Gasteiger charge is 2.32. The Bertz CT molecular complexity index is 925. The maximum absolute atomic E-state index is 13.2. The fraction of sp³-hybridized carbons (Fsp3) is 0.300. The number of hydrogen-bond acceptors (Lipinski definition) is 3. The van der Waals surface area contributed by atoms with E-state index < -0.39 is 23.6 Å². The minimum atomic E-state index is -4.64. The molecule has 148 valence electrons. The van der Waals surface area contributed by atoms with Crippen LogP contribution >= 0.6 is 0 Å². The molecule has 8 heteroatoms. The highest BCUT2D eigenvalue weighted by Crippen LogP contribution is 2.34. The van der Waals surface area contributed by atoms with Gasteiger partial charge in [-0.15, -0.1) is 0 Å². The molecular formula is C20H20F3N3O2. The third-order valence-corrected chi connectivity index (χ3v) is 4.63. The Balaban J connectivity index is 1.90. The second-order valence-electron chi connectivity index (χ2n) is 6.85. The van der Waals surface area contributed by atoms with Crippen LogP contribution in [-0.2, 0) is 17.4 Å². The molecule has 0 saturated carbocycles. The first-order valence-electron chi connectivity index (χ1n) is 8.82. The number of halogens is 3. The molecule has 1 atom stereocenters. The molecule has 0 radical (unpaired) electrons. The molecule has 2 aromatic rings. The molecule has 3 rings (SSSR count). The number of benzene rings is 2. The standard InChI is InChI=1S/C20H20F3N3O2/c1-11(27)25-16-9-13(7-14(10-16)20(21,22)23)19(28)26-18-4-2-3-12-8-15(24)5-6-17(12)18/h5-10,18H,2-4,24H2,1H3,(H,25,27)(H,26,28). The van der Waals surface area contributed by atoms with Gasteiger partial charge in [-0.25, -0.2) is 0 Å². The first-order chi connectivity index (χ1) is 13.1. The third-order valence-electron chi connectivity index (χ3n) is 4.63. The number of carbonyl (C=O) groups is 2. The van der Waals surface area contributed by atoms with Gasteiger partial charge in [0.15, 0.2) is 0 Å². The number of carbonyl (C=O) groups excluding carboxylic acids is 2. The van der Waals surface area contributed by atoms with E-state index in [1.54, 1.807) is 6.07 Å². The number of amides is 2. The summed E-state index contributed by atoms with van der Waals surface area (Å²) in [5.74, 6) is -1.16. The number of anilines is 2. The van der Waals surface area contributed by atoms with Crippen LogP contribution in [0.3, 0.4) is 0 Å². The average molecular weight is 391 g/mol. The minimum Gasteiger partial charge on any atom is -0.399 e. The molecule has 1 aliphatic rings. The van der Waals surface area contributed by atoms with Gasteiger partial charge in [0.25, 0.3) is 5.91 Å². The Labute approximate surface area is 160 Å². The third kappa shape index (κ3) is 4.44. The van der Waals surface area contributed by atoms with Gasteiger partial charge in [0.1, 0.15) is 0 Å². The number of rotatable bonds is 3. The van der Waals surface area contributed by atoms with Gasteiger partial charge in [-0.05, 0) is 60.7 Å². The van der Waals surface area contributed by atoms with Crippen molar-refractivity contribution >= 4 is 23.2 Å². The van der Waals surface area contributed by atoms with E-state index in [-0.39, 0.29) is 17.3 Å². The van der Waals surface area contributed by atoms with E-state index in [4.69, 9.17) is 5.73 Å².